The standard InChI is InChI=1S/C21H23ClN4O/c1-13-5-6-19(17(22)8-13)27-12-16-14-9-26(10-15(14)16)11-20-24-18-4-3-7-23-21(18)25(20)2/h3-8,14-16H,9-12H2,1-2H3/t14-,15+,16?. The van der Waals surface area contributed by atoms with E-state index in [2.05, 4.69) is 21.5 Å². The summed E-state index contributed by atoms with van der Waals surface area (Å²) in [4.78, 5) is 11.7. The van der Waals surface area contributed by atoms with E-state index >= 15 is 0 Å². The summed E-state index contributed by atoms with van der Waals surface area (Å²) in [6.07, 6.45) is 1.82. The van der Waals surface area contributed by atoms with Crippen LogP contribution in [0, 0.1) is 24.7 Å². The van der Waals surface area contributed by atoms with Crippen LogP contribution < -0.4 is 4.74 Å². The maximum Gasteiger partial charge on any atom is 0.159 e. The molecule has 0 bridgehead atoms. The zero-order valence-corrected chi connectivity index (χ0v) is 16.4. The molecular formula is C21H23ClN4O. The Bertz CT molecular complexity index is 989. The highest BCUT2D eigenvalue weighted by atomic mass is 35.5. The maximum absolute atomic E-state index is 6.27. The van der Waals surface area contributed by atoms with Gasteiger partial charge in [-0.1, -0.05) is 17.7 Å². The smallest absolute Gasteiger partial charge is 0.159 e. The number of aromatic nitrogens is 3. The first kappa shape index (κ1) is 17.0. The van der Waals surface area contributed by atoms with Crippen LogP contribution in [-0.2, 0) is 13.6 Å². The predicted molar refractivity (Wildman–Crippen MR) is 106 cm³/mol. The number of imidazole rings is 1. The monoisotopic (exact) mass is 382 g/mol. The Balaban J connectivity index is 1.17. The lowest BCUT2D eigenvalue weighted by Gasteiger charge is -2.19. The summed E-state index contributed by atoms with van der Waals surface area (Å²) in [7, 11) is 2.05. The van der Waals surface area contributed by atoms with Gasteiger partial charge in [0.2, 0.25) is 0 Å². The number of piperidine rings is 1. The minimum absolute atomic E-state index is 0.653. The molecule has 27 heavy (non-hydrogen) atoms. The van der Waals surface area contributed by atoms with Gasteiger partial charge in [0.25, 0.3) is 0 Å². The SMILES string of the molecule is Cc1ccc(OCC2[C@H]3CN(Cc4nc5cccnc5n4C)C[C@@H]23)c(Cl)c1. The lowest BCUT2D eigenvalue weighted by atomic mass is 10.2. The van der Waals surface area contributed by atoms with Gasteiger partial charge in [0, 0.05) is 32.3 Å². The molecular weight excluding hydrogens is 360 g/mol. The van der Waals surface area contributed by atoms with Crippen molar-refractivity contribution in [3.8, 4) is 5.75 Å². The number of likely N-dealkylation sites (tertiary alicyclic amines) is 1. The van der Waals surface area contributed by atoms with E-state index in [-0.39, 0.29) is 0 Å². The first-order valence-corrected chi connectivity index (χ1v) is 9.85. The van der Waals surface area contributed by atoms with Crippen LogP contribution in [0.2, 0.25) is 5.02 Å². The average Bonchev–Trinajstić information content (AvgIpc) is 2.98. The van der Waals surface area contributed by atoms with Crippen LogP contribution >= 0.6 is 11.6 Å². The number of nitrogens with zero attached hydrogens (tertiary/aromatic N) is 4. The quantitative estimate of drug-likeness (QED) is 0.675. The largest absolute Gasteiger partial charge is 0.492 e. The lowest BCUT2D eigenvalue weighted by molar-refractivity contribution is 0.226. The molecule has 2 fully saturated rings. The van der Waals surface area contributed by atoms with Gasteiger partial charge in [0.15, 0.2) is 5.65 Å². The number of rotatable bonds is 5. The van der Waals surface area contributed by atoms with Gasteiger partial charge in [-0.2, -0.15) is 0 Å². The summed E-state index contributed by atoms with van der Waals surface area (Å²) in [5.41, 5.74) is 3.09. The minimum atomic E-state index is 0.653. The fourth-order valence-corrected chi connectivity index (χ4v) is 4.72. The van der Waals surface area contributed by atoms with E-state index in [0.29, 0.717) is 10.9 Å². The van der Waals surface area contributed by atoms with Gasteiger partial charge in [-0.15, -0.1) is 0 Å². The lowest BCUT2D eigenvalue weighted by Crippen LogP contribution is -2.26. The Hall–Kier alpha value is -2.11. The Morgan fingerprint density at radius 1 is 1.22 bits per heavy atom. The molecule has 1 aliphatic heterocycles. The molecule has 1 aliphatic carbocycles. The summed E-state index contributed by atoms with van der Waals surface area (Å²) in [6.45, 7) is 5.93. The van der Waals surface area contributed by atoms with Crippen LogP contribution in [0.15, 0.2) is 36.5 Å². The summed E-state index contributed by atoms with van der Waals surface area (Å²) < 4.78 is 8.10. The van der Waals surface area contributed by atoms with Crippen molar-refractivity contribution < 1.29 is 4.74 Å². The fourth-order valence-electron chi connectivity index (χ4n) is 4.43. The van der Waals surface area contributed by atoms with Gasteiger partial charge in [-0.25, -0.2) is 9.97 Å². The van der Waals surface area contributed by atoms with Gasteiger partial charge >= 0.3 is 0 Å². The number of hydrogen-bond donors (Lipinski definition) is 0. The molecule has 3 atom stereocenters. The average molecular weight is 383 g/mol. The van der Waals surface area contributed by atoms with Crippen LogP contribution in [0.4, 0.5) is 0 Å². The third-order valence-corrected chi connectivity index (χ3v) is 6.35. The van der Waals surface area contributed by atoms with Crippen molar-refractivity contribution in [3.63, 3.8) is 0 Å². The highest BCUT2D eigenvalue weighted by molar-refractivity contribution is 6.32. The second kappa shape index (κ2) is 6.50. The summed E-state index contributed by atoms with van der Waals surface area (Å²) in [5, 5.41) is 0.706. The van der Waals surface area contributed by atoms with Crippen molar-refractivity contribution in [1.29, 1.82) is 0 Å². The van der Waals surface area contributed by atoms with Crippen molar-refractivity contribution in [3.05, 3.63) is 52.9 Å². The number of halogens is 1. The Morgan fingerprint density at radius 2 is 2.04 bits per heavy atom. The maximum atomic E-state index is 6.27. The van der Waals surface area contributed by atoms with Crippen molar-refractivity contribution >= 4 is 22.8 Å². The second-order valence-corrected chi connectivity index (χ2v) is 8.27. The number of hydrogen-bond acceptors (Lipinski definition) is 4. The zero-order chi connectivity index (χ0) is 18.5. The normalized spacial score (nSPS) is 24.3. The number of ether oxygens (including phenoxy) is 1. The molecule has 0 spiro atoms. The van der Waals surface area contributed by atoms with E-state index in [1.807, 2.05) is 43.5 Å². The molecule has 3 heterocycles. The van der Waals surface area contributed by atoms with Crippen LogP contribution in [0.5, 0.6) is 5.75 Å². The van der Waals surface area contributed by atoms with Crippen molar-refractivity contribution in [2.24, 2.45) is 24.8 Å². The Kier molecular flexibility index (Phi) is 4.10. The van der Waals surface area contributed by atoms with Crippen molar-refractivity contribution in [1.82, 2.24) is 19.4 Å². The van der Waals surface area contributed by atoms with E-state index in [9.17, 15) is 0 Å². The van der Waals surface area contributed by atoms with E-state index in [0.717, 1.165) is 66.4 Å². The summed E-state index contributed by atoms with van der Waals surface area (Å²) in [5.74, 6) is 4.02. The first-order chi connectivity index (χ1) is 13.1. The highest BCUT2D eigenvalue weighted by Crippen LogP contribution is 2.52. The van der Waals surface area contributed by atoms with Gasteiger partial charge in [-0.05, 0) is 48.6 Å². The molecule has 3 aromatic rings. The number of aryl methyl sites for hydroxylation is 2. The molecule has 2 aliphatic rings. The molecule has 6 heteroatoms. The summed E-state index contributed by atoms with van der Waals surface area (Å²) >= 11 is 6.27. The van der Waals surface area contributed by atoms with Gasteiger partial charge in [0.1, 0.15) is 17.1 Å². The van der Waals surface area contributed by atoms with Crippen LogP contribution in [-0.4, -0.2) is 39.1 Å². The van der Waals surface area contributed by atoms with E-state index in [1.165, 1.54) is 0 Å². The topological polar surface area (TPSA) is 43.2 Å². The molecule has 1 unspecified atom stereocenters. The molecule has 0 amide bonds. The fraction of sp³-hybridized carbons (Fsp3) is 0.429. The second-order valence-electron chi connectivity index (χ2n) is 7.86. The van der Waals surface area contributed by atoms with Gasteiger partial charge in [-0.3, -0.25) is 4.90 Å². The number of fused-ring (bicyclic) bond motifs is 2. The first-order valence-electron chi connectivity index (χ1n) is 9.48. The zero-order valence-electron chi connectivity index (χ0n) is 15.6. The van der Waals surface area contributed by atoms with Crippen LogP contribution in [0.1, 0.15) is 11.4 Å². The molecule has 5 rings (SSSR count). The molecule has 5 nitrogen and oxygen atoms in total. The van der Waals surface area contributed by atoms with Crippen molar-refractivity contribution in [2.45, 2.75) is 13.5 Å². The third kappa shape index (κ3) is 3.09. The molecule has 0 N–H and O–H groups in total. The Morgan fingerprint density at radius 3 is 2.78 bits per heavy atom. The molecule has 0 radical (unpaired) electrons. The number of pyridine rings is 1. The molecule has 1 aromatic carbocycles. The van der Waals surface area contributed by atoms with Crippen LogP contribution in [0.25, 0.3) is 11.2 Å². The van der Waals surface area contributed by atoms with E-state index in [1.54, 1.807) is 0 Å². The number of benzene rings is 1. The van der Waals surface area contributed by atoms with Gasteiger partial charge in [0.05, 0.1) is 18.2 Å². The van der Waals surface area contributed by atoms with Gasteiger partial charge < -0.3 is 9.30 Å². The third-order valence-electron chi connectivity index (χ3n) is 6.05. The molecule has 1 saturated carbocycles. The highest BCUT2D eigenvalue weighted by Gasteiger charge is 2.55. The Labute approximate surface area is 163 Å². The van der Waals surface area contributed by atoms with Crippen molar-refractivity contribution in [2.75, 3.05) is 19.7 Å². The minimum Gasteiger partial charge on any atom is -0.492 e. The molecule has 2 aromatic heterocycles. The van der Waals surface area contributed by atoms with E-state index < -0.39 is 0 Å². The van der Waals surface area contributed by atoms with E-state index in [4.69, 9.17) is 21.3 Å². The van der Waals surface area contributed by atoms with Crippen LogP contribution in [0.3, 0.4) is 0 Å². The summed E-state index contributed by atoms with van der Waals surface area (Å²) in [6, 6.07) is 9.94. The predicted octanol–water partition coefficient (Wildman–Crippen LogP) is 3.69. The molecule has 140 valence electrons. The molecule has 1 saturated heterocycles.